The molecule has 1 aromatic carbocycles. The molecule has 0 spiro atoms. The number of ether oxygens (including phenoxy) is 1. The highest BCUT2D eigenvalue weighted by molar-refractivity contribution is 5.74. The van der Waals surface area contributed by atoms with E-state index in [4.69, 9.17) is 4.74 Å². The van der Waals surface area contributed by atoms with Crippen LogP contribution in [0.4, 0.5) is 18.0 Å². The molecule has 2 amide bonds. The van der Waals surface area contributed by atoms with Gasteiger partial charge >= 0.3 is 6.03 Å². The third-order valence-corrected chi connectivity index (χ3v) is 4.87. The second kappa shape index (κ2) is 10.8. The van der Waals surface area contributed by atoms with Gasteiger partial charge in [-0.1, -0.05) is 12.1 Å². The Bertz CT molecular complexity index is 797. The zero-order valence-corrected chi connectivity index (χ0v) is 16.5. The van der Waals surface area contributed by atoms with Gasteiger partial charge in [-0.15, -0.1) is 0 Å². The fraction of sp³-hybridized carbons (Fsp3) is 0.429. The van der Waals surface area contributed by atoms with Crippen LogP contribution < -0.4 is 15.4 Å². The molecule has 1 saturated heterocycles. The SMILES string of the molecule is O=C(NCc1ccc(OCC(F)F)cc1)N(Cc1ccc(F)cn1)C1CCNCC1. The number of nitrogens with zero attached hydrogens (tertiary/aromatic N) is 2. The van der Waals surface area contributed by atoms with E-state index in [2.05, 4.69) is 15.6 Å². The van der Waals surface area contributed by atoms with Crippen molar-refractivity contribution in [3.63, 3.8) is 0 Å². The second-order valence-corrected chi connectivity index (χ2v) is 7.08. The molecule has 2 aromatic rings. The maximum Gasteiger partial charge on any atom is 0.318 e. The Balaban J connectivity index is 1.60. The number of amides is 2. The van der Waals surface area contributed by atoms with Crippen molar-refractivity contribution in [2.24, 2.45) is 0 Å². The van der Waals surface area contributed by atoms with Gasteiger partial charge in [0, 0.05) is 12.6 Å². The minimum Gasteiger partial charge on any atom is -0.488 e. The number of nitrogens with one attached hydrogen (secondary N) is 2. The first-order valence-corrected chi connectivity index (χ1v) is 9.87. The van der Waals surface area contributed by atoms with Crippen LogP contribution in [0.15, 0.2) is 42.6 Å². The first-order valence-electron chi connectivity index (χ1n) is 9.87. The molecule has 0 saturated carbocycles. The topological polar surface area (TPSA) is 66.5 Å². The van der Waals surface area contributed by atoms with Gasteiger partial charge in [-0.3, -0.25) is 4.98 Å². The fourth-order valence-corrected chi connectivity index (χ4v) is 3.30. The highest BCUT2D eigenvalue weighted by Gasteiger charge is 2.25. The van der Waals surface area contributed by atoms with Crippen LogP contribution in [-0.2, 0) is 13.1 Å². The lowest BCUT2D eigenvalue weighted by molar-refractivity contribution is 0.0819. The third kappa shape index (κ3) is 6.62. The predicted molar refractivity (Wildman–Crippen MR) is 106 cm³/mol. The van der Waals surface area contributed by atoms with Crippen LogP contribution in [0.2, 0.25) is 0 Å². The molecule has 0 aliphatic carbocycles. The Morgan fingerprint density at radius 3 is 2.57 bits per heavy atom. The van der Waals surface area contributed by atoms with Gasteiger partial charge in [-0.05, 0) is 55.8 Å². The van der Waals surface area contributed by atoms with Crippen LogP contribution in [0.5, 0.6) is 5.75 Å². The standard InChI is InChI=1S/C21H25F3N4O2/c22-16-3-4-17(26-12-16)13-28(18-7-9-25-10-8-18)21(29)27-11-15-1-5-19(6-2-15)30-14-20(23)24/h1-6,12,18,20,25H,7-11,13-14H2,(H,27,29). The number of hydrogen-bond donors (Lipinski definition) is 2. The van der Waals surface area contributed by atoms with E-state index < -0.39 is 18.8 Å². The zero-order chi connectivity index (χ0) is 21.3. The number of urea groups is 1. The number of hydrogen-bond acceptors (Lipinski definition) is 4. The van der Waals surface area contributed by atoms with E-state index in [1.54, 1.807) is 35.2 Å². The van der Waals surface area contributed by atoms with E-state index in [1.807, 2.05) is 0 Å². The van der Waals surface area contributed by atoms with Gasteiger partial charge in [0.1, 0.15) is 18.2 Å². The van der Waals surface area contributed by atoms with E-state index in [0.29, 0.717) is 11.4 Å². The first-order chi connectivity index (χ1) is 14.5. The summed E-state index contributed by atoms with van der Waals surface area (Å²) in [5.74, 6) is -0.0679. The van der Waals surface area contributed by atoms with Gasteiger partial charge in [0.15, 0.2) is 0 Å². The van der Waals surface area contributed by atoms with Crippen LogP contribution in [0.25, 0.3) is 0 Å². The van der Waals surface area contributed by atoms with Crippen molar-refractivity contribution in [2.75, 3.05) is 19.7 Å². The summed E-state index contributed by atoms with van der Waals surface area (Å²) < 4.78 is 42.5. The summed E-state index contributed by atoms with van der Waals surface area (Å²) in [4.78, 5) is 18.7. The van der Waals surface area contributed by atoms with E-state index in [9.17, 15) is 18.0 Å². The van der Waals surface area contributed by atoms with Crippen molar-refractivity contribution in [2.45, 2.75) is 38.4 Å². The van der Waals surface area contributed by atoms with Crippen molar-refractivity contribution < 1.29 is 22.7 Å². The summed E-state index contributed by atoms with van der Waals surface area (Å²) >= 11 is 0. The molecule has 0 bridgehead atoms. The van der Waals surface area contributed by atoms with Crippen molar-refractivity contribution in [1.82, 2.24) is 20.5 Å². The lowest BCUT2D eigenvalue weighted by Gasteiger charge is -2.34. The first kappa shape index (κ1) is 21.9. The molecule has 162 valence electrons. The molecular formula is C21H25F3N4O2. The summed E-state index contributed by atoms with van der Waals surface area (Å²) in [5, 5.41) is 6.18. The van der Waals surface area contributed by atoms with Gasteiger partial charge in [-0.2, -0.15) is 0 Å². The average Bonchev–Trinajstić information content (AvgIpc) is 2.77. The highest BCUT2D eigenvalue weighted by Crippen LogP contribution is 2.17. The summed E-state index contributed by atoms with van der Waals surface area (Å²) in [6.07, 6.45) is 0.265. The number of halogens is 3. The summed E-state index contributed by atoms with van der Waals surface area (Å²) in [6.45, 7) is 1.57. The molecule has 9 heteroatoms. The lowest BCUT2D eigenvalue weighted by Crippen LogP contribution is -2.49. The normalized spacial score (nSPS) is 14.5. The molecule has 2 N–H and O–H groups in total. The monoisotopic (exact) mass is 422 g/mol. The Morgan fingerprint density at radius 1 is 1.20 bits per heavy atom. The number of benzene rings is 1. The Kier molecular flexibility index (Phi) is 7.89. The minimum atomic E-state index is -2.53. The molecule has 1 aliphatic rings. The van der Waals surface area contributed by atoms with E-state index in [0.717, 1.165) is 37.7 Å². The molecule has 2 heterocycles. The van der Waals surface area contributed by atoms with Crippen LogP contribution in [-0.4, -0.2) is 48.1 Å². The summed E-state index contributed by atoms with van der Waals surface area (Å²) in [6, 6.07) is 9.37. The molecule has 3 rings (SSSR count). The van der Waals surface area contributed by atoms with E-state index >= 15 is 0 Å². The highest BCUT2D eigenvalue weighted by atomic mass is 19.3. The number of pyridine rings is 1. The Hall–Kier alpha value is -2.81. The van der Waals surface area contributed by atoms with Gasteiger partial charge in [0.25, 0.3) is 6.43 Å². The molecule has 6 nitrogen and oxygen atoms in total. The van der Waals surface area contributed by atoms with Crippen LogP contribution in [0.3, 0.4) is 0 Å². The van der Waals surface area contributed by atoms with Crippen molar-refractivity contribution >= 4 is 6.03 Å². The molecule has 30 heavy (non-hydrogen) atoms. The van der Waals surface area contributed by atoms with Gasteiger partial charge in [0.2, 0.25) is 0 Å². The maximum atomic E-state index is 13.2. The quantitative estimate of drug-likeness (QED) is 0.685. The van der Waals surface area contributed by atoms with Gasteiger partial charge in [0.05, 0.1) is 18.4 Å². The van der Waals surface area contributed by atoms with Crippen LogP contribution in [0.1, 0.15) is 24.1 Å². The average molecular weight is 422 g/mol. The van der Waals surface area contributed by atoms with Crippen molar-refractivity contribution in [3.05, 3.63) is 59.7 Å². The second-order valence-electron chi connectivity index (χ2n) is 7.08. The summed E-state index contributed by atoms with van der Waals surface area (Å²) in [7, 11) is 0. The molecule has 1 aromatic heterocycles. The summed E-state index contributed by atoms with van der Waals surface area (Å²) in [5.41, 5.74) is 1.43. The maximum absolute atomic E-state index is 13.2. The lowest BCUT2D eigenvalue weighted by atomic mass is 10.0. The number of rotatable bonds is 8. The molecule has 0 radical (unpaired) electrons. The molecule has 0 unspecified atom stereocenters. The molecule has 1 fully saturated rings. The van der Waals surface area contributed by atoms with Gasteiger partial charge in [-0.25, -0.2) is 18.0 Å². The van der Waals surface area contributed by atoms with Gasteiger partial charge < -0.3 is 20.3 Å². The van der Waals surface area contributed by atoms with E-state index in [-0.39, 0.29) is 25.2 Å². The third-order valence-electron chi connectivity index (χ3n) is 4.87. The van der Waals surface area contributed by atoms with Crippen LogP contribution >= 0.6 is 0 Å². The molecular weight excluding hydrogens is 397 g/mol. The largest absolute Gasteiger partial charge is 0.488 e. The van der Waals surface area contributed by atoms with E-state index in [1.165, 1.54) is 6.07 Å². The number of piperidine rings is 1. The number of alkyl halides is 2. The van der Waals surface area contributed by atoms with Crippen molar-refractivity contribution in [3.8, 4) is 5.75 Å². The molecule has 0 atom stereocenters. The predicted octanol–water partition coefficient (Wildman–Crippen LogP) is 3.33. The zero-order valence-electron chi connectivity index (χ0n) is 16.5. The van der Waals surface area contributed by atoms with Crippen molar-refractivity contribution in [1.29, 1.82) is 0 Å². The number of carbonyl (C=O) groups excluding carboxylic acids is 1. The van der Waals surface area contributed by atoms with Crippen LogP contribution in [0, 0.1) is 5.82 Å². The Labute approximate surface area is 173 Å². The number of aromatic nitrogens is 1. The molecule has 1 aliphatic heterocycles. The smallest absolute Gasteiger partial charge is 0.318 e. The fourth-order valence-electron chi connectivity index (χ4n) is 3.30. The Morgan fingerprint density at radius 2 is 1.93 bits per heavy atom. The number of carbonyl (C=O) groups is 1. The minimum absolute atomic E-state index is 0.0585.